The summed E-state index contributed by atoms with van der Waals surface area (Å²) in [4.78, 5) is 3.99. The fourth-order valence-corrected chi connectivity index (χ4v) is 4.47. The second-order valence-corrected chi connectivity index (χ2v) is 6.27. The Hall–Kier alpha value is -2.12. The van der Waals surface area contributed by atoms with Gasteiger partial charge in [-0.2, -0.15) is 0 Å². The smallest absolute Gasteiger partial charge is 0.137 e. The van der Waals surface area contributed by atoms with E-state index in [0.717, 1.165) is 5.69 Å². The number of alkyl halides is 1. The molecule has 2 aromatic carbocycles. The maximum atomic E-state index is 7.23. The average molecular weight is 290 g/mol. The topological polar surface area (TPSA) is 12.9 Å². The van der Waals surface area contributed by atoms with Gasteiger partial charge in [0.1, 0.15) is 4.87 Å². The molecule has 1 aromatic heterocycles. The van der Waals surface area contributed by atoms with Crippen LogP contribution in [0.15, 0.2) is 66.9 Å². The summed E-state index contributed by atoms with van der Waals surface area (Å²) < 4.78 is 0. The lowest BCUT2D eigenvalue weighted by Crippen LogP contribution is -2.38. The van der Waals surface area contributed by atoms with E-state index in [0.29, 0.717) is 0 Å². The first-order chi connectivity index (χ1) is 10.3. The maximum Gasteiger partial charge on any atom is 0.137 e. The summed E-state index contributed by atoms with van der Waals surface area (Å²) in [5.41, 5.74) is 7.22. The van der Waals surface area contributed by atoms with Gasteiger partial charge in [-0.3, -0.25) is 4.98 Å². The first-order valence-electron chi connectivity index (χ1n) is 7.15. The zero-order valence-electron chi connectivity index (χ0n) is 11.3. The summed E-state index contributed by atoms with van der Waals surface area (Å²) in [6, 6.07) is 21.2. The highest BCUT2D eigenvalue weighted by Gasteiger charge is 2.51. The van der Waals surface area contributed by atoms with Crippen LogP contribution in [0.2, 0.25) is 0 Å². The standard InChI is InChI=1S/C19H12ClN/c20-19-15-9-3-1-6-12(15)17(13-7-2-4-10-16(13)19)14-8-5-11-21-18(14)19/h1-11,17H. The zero-order valence-corrected chi connectivity index (χ0v) is 12.0. The molecule has 0 radical (unpaired) electrons. The molecule has 0 fully saturated rings. The van der Waals surface area contributed by atoms with E-state index in [4.69, 9.17) is 11.6 Å². The maximum absolute atomic E-state index is 7.23. The van der Waals surface area contributed by atoms with Gasteiger partial charge in [0.25, 0.3) is 0 Å². The van der Waals surface area contributed by atoms with Gasteiger partial charge < -0.3 is 0 Å². The van der Waals surface area contributed by atoms with Crippen LogP contribution in [0.5, 0.6) is 0 Å². The molecule has 3 aromatic rings. The molecule has 1 nitrogen and oxygen atoms in total. The minimum Gasteiger partial charge on any atom is -0.258 e. The predicted octanol–water partition coefficient (Wildman–Crippen LogP) is 4.42. The first kappa shape index (κ1) is 11.5. The van der Waals surface area contributed by atoms with Crippen LogP contribution >= 0.6 is 11.6 Å². The largest absolute Gasteiger partial charge is 0.258 e. The number of nitrogens with zero attached hydrogens (tertiary/aromatic N) is 1. The number of rotatable bonds is 0. The Kier molecular flexibility index (Phi) is 2.06. The third-order valence-corrected chi connectivity index (χ3v) is 5.35. The van der Waals surface area contributed by atoms with E-state index in [9.17, 15) is 0 Å². The van der Waals surface area contributed by atoms with E-state index in [1.54, 1.807) is 0 Å². The Morgan fingerprint density at radius 2 is 1.33 bits per heavy atom. The fraction of sp³-hybridized carbons (Fsp3) is 0.105. The van der Waals surface area contributed by atoms with Crippen molar-refractivity contribution < 1.29 is 0 Å². The van der Waals surface area contributed by atoms with E-state index in [1.165, 1.54) is 27.8 Å². The number of hydrogen-bond acceptors (Lipinski definition) is 1. The number of benzene rings is 2. The van der Waals surface area contributed by atoms with Crippen LogP contribution in [0, 0.1) is 0 Å². The van der Waals surface area contributed by atoms with Crippen LogP contribution in [-0.4, -0.2) is 4.98 Å². The number of pyridine rings is 1. The minimum absolute atomic E-state index is 0.252. The van der Waals surface area contributed by atoms with Crippen molar-refractivity contribution in [1.29, 1.82) is 0 Å². The molecule has 0 atom stereocenters. The van der Waals surface area contributed by atoms with Crippen LogP contribution in [0.4, 0.5) is 0 Å². The van der Waals surface area contributed by atoms with Crippen molar-refractivity contribution in [2.45, 2.75) is 10.8 Å². The quantitative estimate of drug-likeness (QED) is 0.558. The highest BCUT2D eigenvalue weighted by molar-refractivity contribution is 6.29. The molecule has 3 aliphatic rings. The fourth-order valence-electron chi connectivity index (χ4n) is 3.97. The van der Waals surface area contributed by atoms with Crippen LogP contribution < -0.4 is 0 Å². The van der Waals surface area contributed by atoms with Crippen LogP contribution in [0.25, 0.3) is 0 Å². The number of aromatic nitrogens is 1. The van der Waals surface area contributed by atoms with Gasteiger partial charge in [0.05, 0.1) is 5.69 Å². The average Bonchev–Trinajstić information content (AvgIpc) is 2.56. The molecule has 1 heterocycles. The van der Waals surface area contributed by atoms with Crippen LogP contribution in [0.3, 0.4) is 0 Å². The number of halogens is 1. The first-order valence-corrected chi connectivity index (χ1v) is 7.52. The lowest BCUT2D eigenvalue weighted by Gasteiger charge is -2.46. The Bertz CT molecular complexity index is 768. The molecule has 2 bridgehead atoms. The Balaban J connectivity index is 2.00. The zero-order chi connectivity index (χ0) is 14.0. The molecule has 0 aliphatic heterocycles. The van der Waals surface area contributed by atoms with Gasteiger partial charge in [-0.05, 0) is 33.9 Å². The Morgan fingerprint density at radius 1 is 0.762 bits per heavy atom. The molecule has 3 aliphatic carbocycles. The molecule has 0 spiro atoms. The van der Waals surface area contributed by atoms with Crippen LogP contribution in [-0.2, 0) is 4.87 Å². The van der Waals surface area contributed by atoms with Gasteiger partial charge in [0, 0.05) is 12.1 Å². The van der Waals surface area contributed by atoms with E-state index in [1.807, 2.05) is 12.3 Å². The molecule has 100 valence electrons. The molecular formula is C19H12ClN. The summed E-state index contributed by atoms with van der Waals surface area (Å²) in [5.74, 6) is 0.252. The van der Waals surface area contributed by atoms with Gasteiger partial charge in [0.15, 0.2) is 0 Å². The lowest BCUT2D eigenvalue weighted by molar-refractivity contribution is 0.678. The van der Waals surface area contributed by atoms with Crippen molar-refractivity contribution >= 4 is 11.6 Å². The summed E-state index contributed by atoms with van der Waals surface area (Å²) in [5, 5.41) is 0. The summed E-state index contributed by atoms with van der Waals surface area (Å²) in [7, 11) is 0. The predicted molar refractivity (Wildman–Crippen MR) is 83.8 cm³/mol. The van der Waals surface area contributed by atoms with E-state index in [-0.39, 0.29) is 5.92 Å². The van der Waals surface area contributed by atoms with Crippen molar-refractivity contribution in [2.24, 2.45) is 0 Å². The molecule has 0 N–H and O–H groups in total. The molecule has 2 heteroatoms. The van der Waals surface area contributed by atoms with E-state index < -0.39 is 4.87 Å². The minimum atomic E-state index is -0.654. The van der Waals surface area contributed by atoms with E-state index in [2.05, 4.69) is 59.6 Å². The third-order valence-electron chi connectivity index (χ3n) is 4.76. The summed E-state index contributed by atoms with van der Waals surface area (Å²) in [6.07, 6.45) is 1.84. The Labute approximate surface area is 128 Å². The number of hydrogen-bond donors (Lipinski definition) is 0. The third kappa shape index (κ3) is 1.22. The molecular weight excluding hydrogens is 278 g/mol. The molecule has 6 rings (SSSR count). The molecule has 0 amide bonds. The van der Waals surface area contributed by atoms with Crippen molar-refractivity contribution in [3.8, 4) is 0 Å². The van der Waals surface area contributed by atoms with Gasteiger partial charge in [-0.15, -0.1) is 11.6 Å². The van der Waals surface area contributed by atoms with Crippen molar-refractivity contribution in [1.82, 2.24) is 4.98 Å². The molecule has 0 saturated heterocycles. The normalized spacial score (nSPS) is 24.1. The molecule has 21 heavy (non-hydrogen) atoms. The second-order valence-electron chi connectivity index (χ2n) is 5.71. The molecule has 0 saturated carbocycles. The lowest BCUT2D eigenvalue weighted by atomic mass is 9.62. The highest BCUT2D eigenvalue weighted by Crippen LogP contribution is 2.59. The highest BCUT2D eigenvalue weighted by atomic mass is 35.5. The van der Waals surface area contributed by atoms with Gasteiger partial charge in [-0.25, -0.2) is 0 Å². The van der Waals surface area contributed by atoms with Gasteiger partial charge in [0.2, 0.25) is 0 Å². The van der Waals surface area contributed by atoms with Crippen LogP contribution in [0.1, 0.15) is 39.4 Å². The Morgan fingerprint density at radius 3 is 2.00 bits per heavy atom. The van der Waals surface area contributed by atoms with E-state index >= 15 is 0 Å². The molecule has 0 unspecified atom stereocenters. The second kappa shape index (κ2) is 3.75. The van der Waals surface area contributed by atoms with Crippen molar-refractivity contribution in [3.63, 3.8) is 0 Å². The van der Waals surface area contributed by atoms with Gasteiger partial charge >= 0.3 is 0 Å². The van der Waals surface area contributed by atoms with Crippen molar-refractivity contribution in [2.75, 3.05) is 0 Å². The monoisotopic (exact) mass is 289 g/mol. The summed E-state index contributed by atoms with van der Waals surface area (Å²) in [6.45, 7) is 0. The van der Waals surface area contributed by atoms with Crippen molar-refractivity contribution in [3.05, 3.63) is 100 Å². The SMILES string of the molecule is ClC12c3ccccc3C(c3ccccc31)c1cccnc12. The van der Waals surface area contributed by atoms with Gasteiger partial charge in [-0.1, -0.05) is 54.6 Å². The summed E-state index contributed by atoms with van der Waals surface area (Å²) >= 11 is 7.23.